The summed E-state index contributed by atoms with van der Waals surface area (Å²) >= 11 is 0. The first-order valence-corrected chi connectivity index (χ1v) is 10.7. The Labute approximate surface area is 180 Å². The van der Waals surface area contributed by atoms with Crippen molar-refractivity contribution in [2.45, 2.75) is 39.0 Å². The number of allylic oxidation sites excluding steroid dienone is 2. The minimum Gasteiger partial charge on any atom is -0.294 e. The lowest BCUT2D eigenvalue weighted by Gasteiger charge is -2.25. The normalized spacial score (nSPS) is 16.8. The van der Waals surface area contributed by atoms with Gasteiger partial charge in [0.1, 0.15) is 0 Å². The molecular formula is C27H23NO3. The Morgan fingerprint density at radius 2 is 1.87 bits per heavy atom. The predicted octanol–water partition coefficient (Wildman–Crippen LogP) is 4.86. The van der Waals surface area contributed by atoms with Crippen LogP contribution in [0.5, 0.6) is 0 Å². The molecule has 0 amide bonds. The molecule has 0 aromatic heterocycles. The molecule has 154 valence electrons. The molecule has 31 heavy (non-hydrogen) atoms. The summed E-state index contributed by atoms with van der Waals surface area (Å²) in [6.07, 6.45) is 11.8. The molecule has 3 aromatic rings. The molecule has 4 nitrogen and oxygen atoms in total. The molecule has 2 aliphatic rings. The number of fused-ring (bicyclic) bond motifs is 5. The molecule has 0 fully saturated rings. The lowest BCUT2D eigenvalue weighted by molar-refractivity contribution is -0.384. The highest BCUT2D eigenvalue weighted by atomic mass is 16.6. The van der Waals surface area contributed by atoms with Gasteiger partial charge < -0.3 is 0 Å². The Morgan fingerprint density at radius 1 is 1.10 bits per heavy atom. The smallest absolute Gasteiger partial charge is 0.269 e. The van der Waals surface area contributed by atoms with Gasteiger partial charge in [0.2, 0.25) is 0 Å². The van der Waals surface area contributed by atoms with Crippen LogP contribution in [0.4, 0.5) is 5.69 Å². The maximum Gasteiger partial charge on any atom is 0.269 e. The molecule has 0 radical (unpaired) electrons. The zero-order chi connectivity index (χ0) is 21.7. The molecule has 1 unspecified atom stereocenters. The second-order valence-electron chi connectivity index (χ2n) is 8.42. The first kappa shape index (κ1) is 19.4. The van der Waals surface area contributed by atoms with Crippen LogP contribution >= 0.6 is 0 Å². The predicted molar refractivity (Wildman–Crippen MR) is 124 cm³/mol. The fourth-order valence-electron chi connectivity index (χ4n) is 5.28. The Bertz CT molecular complexity index is 1410. The summed E-state index contributed by atoms with van der Waals surface area (Å²) in [5.74, 6) is -0.0671. The van der Waals surface area contributed by atoms with Gasteiger partial charge in [-0.3, -0.25) is 14.9 Å². The number of hydrogen-bond acceptors (Lipinski definition) is 3. The Balaban J connectivity index is 1.85. The molecule has 5 rings (SSSR count). The highest BCUT2D eigenvalue weighted by Crippen LogP contribution is 2.34. The van der Waals surface area contributed by atoms with Gasteiger partial charge in [0.25, 0.3) is 5.69 Å². The molecule has 2 aliphatic carbocycles. The Kier molecular flexibility index (Phi) is 4.58. The molecule has 4 heteroatoms. The largest absolute Gasteiger partial charge is 0.294 e. The van der Waals surface area contributed by atoms with E-state index >= 15 is 0 Å². The fraction of sp³-hybridized carbons (Fsp3) is 0.222. The van der Waals surface area contributed by atoms with E-state index in [0.717, 1.165) is 40.3 Å². The van der Waals surface area contributed by atoms with Crippen LogP contribution in [0.25, 0.3) is 22.9 Å². The minimum absolute atomic E-state index is 0.0553. The lowest BCUT2D eigenvalue weighted by atomic mass is 9.78. The van der Waals surface area contributed by atoms with E-state index in [2.05, 4.69) is 37.3 Å². The summed E-state index contributed by atoms with van der Waals surface area (Å²) in [5.41, 5.74) is 5.19. The van der Waals surface area contributed by atoms with E-state index in [-0.39, 0.29) is 22.3 Å². The van der Waals surface area contributed by atoms with Crippen molar-refractivity contribution in [3.8, 4) is 0 Å². The molecule has 0 bridgehead atoms. The van der Waals surface area contributed by atoms with Crippen LogP contribution in [-0.2, 0) is 6.42 Å². The van der Waals surface area contributed by atoms with E-state index < -0.39 is 0 Å². The quantitative estimate of drug-likeness (QED) is 0.353. The van der Waals surface area contributed by atoms with Crippen LogP contribution < -0.4 is 10.4 Å². The monoisotopic (exact) mass is 409 g/mol. The Morgan fingerprint density at radius 3 is 2.58 bits per heavy atom. The summed E-state index contributed by atoms with van der Waals surface area (Å²) in [5, 5.41) is 15.8. The molecule has 0 saturated heterocycles. The molecule has 0 aliphatic heterocycles. The molecular weight excluding hydrogens is 386 g/mol. The van der Waals surface area contributed by atoms with Crippen molar-refractivity contribution < 1.29 is 9.72 Å². The van der Waals surface area contributed by atoms with Gasteiger partial charge in [0.05, 0.1) is 4.92 Å². The maximum atomic E-state index is 12.9. The number of nitro groups is 1. The Hall–Kier alpha value is -3.53. The van der Waals surface area contributed by atoms with Gasteiger partial charge in [0, 0.05) is 23.6 Å². The van der Waals surface area contributed by atoms with E-state index in [9.17, 15) is 14.9 Å². The standard InChI is InChI=1S/C27H23NO3/c1-16-25(17(2)29)27-22(19-10-13-20(14-11-19)28(30)31)8-5-9-23(27)24-15-12-18-6-3-4-7-21(18)26(16)24/h5,7-15,22H,3-4,6H2,1-2H3. The van der Waals surface area contributed by atoms with E-state index in [4.69, 9.17) is 0 Å². The maximum absolute atomic E-state index is 12.9. The van der Waals surface area contributed by atoms with Crippen molar-refractivity contribution in [2.24, 2.45) is 0 Å². The third-order valence-corrected chi connectivity index (χ3v) is 6.63. The third kappa shape index (κ3) is 3.02. The minimum atomic E-state index is -0.388. The van der Waals surface area contributed by atoms with E-state index in [1.807, 2.05) is 6.08 Å². The number of benzene rings is 3. The number of carbonyl (C=O) groups is 1. The topological polar surface area (TPSA) is 60.2 Å². The van der Waals surface area contributed by atoms with E-state index in [1.165, 1.54) is 40.1 Å². The molecule has 0 N–H and O–H groups in total. The highest BCUT2D eigenvalue weighted by Gasteiger charge is 2.25. The number of nitrogens with zero attached hydrogens (tertiary/aromatic N) is 1. The number of hydrogen-bond donors (Lipinski definition) is 0. The number of carbonyl (C=O) groups excluding carboxylic acids is 1. The second-order valence-corrected chi connectivity index (χ2v) is 8.42. The zero-order valence-corrected chi connectivity index (χ0v) is 17.6. The number of rotatable bonds is 3. The summed E-state index contributed by atoms with van der Waals surface area (Å²) < 4.78 is 0. The van der Waals surface area contributed by atoms with E-state index in [1.54, 1.807) is 19.1 Å². The third-order valence-electron chi connectivity index (χ3n) is 6.63. The lowest BCUT2D eigenvalue weighted by Crippen LogP contribution is -2.26. The average molecular weight is 409 g/mol. The van der Waals surface area contributed by atoms with Crippen molar-refractivity contribution in [2.75, 3.05) is 0 Å². The van der Waals surface area contributed by atoms with Gasteiger partial charge in [-0.2, -0.15) is 0 Å². The highest BCUT2D eigenvalue weighted by molar-refractivity contribution is 6.04. The fourth-order valence-corrected chi connectivity index (χ4v) is 5.28. The second kappa shape index (κ2) is 7.31. The van der Waals surface area contributed by atoms with Gasteiger partial charge in [-0.25, -0.2) is 0 Å². The van der Waals surface area contributed by atoms with Gasteiger partial charge in [-0.1, -0.05) is 48.6 Å². The zero-order valence-electron chi connectivity index (χ0n) is 17.6. The molecule has 0 heterocycles. The summed E-state index contributed by atoms with van der Waals surface area (Å²) in [6, 6.07) is 11.1. The number of ketones is 1. The SMILES string of the molecule is CC(=O)c1c2c(c3ccc4c(c3c1C)=CCCC4)=CC=CC2c1ccc([N+](=O)[O-])cc1. The summed E-state index contributed by atoms with van der Waals surface area (Å²) in [4.78, 5) is 23.6. The first-order chi connectivity index (χ1) is 15.0. The first-order valence-electron chi connectivity index (χ1n) is 10.7. The number of Topliss-reactive ketones (excluding diaryl/α,β-unsaturated/α-hetero) is 1. The van der Waals surface area contributed by atoms with Gasteiger partial charge in [-0.15, -0.1) is 0 Å². The number of non-ortho nitro benzene ring substituents is 1. The summed E-state index contributed by atoms with van der Waals surface area (Å²) in [7, 11) is 0. The van der Waals surface area contributed by atoms with Crippen molar-refractivity contribution in [3.63, 3.8) is 0 Å². The number of nitro benzene ring substituents is 1. The van der Waals surface area contributed by atoms with Crippen LogP contribution in [0.2, 0.25) is 0 Å². The van der Waals surface area contributed by atoms with Crippen LogP contribution in [0.3, 0.4) is 0 Å². The van der Waals surface area contributed by atoms with Crippen molar-refractivity contribution in [1.29, 1.82) is 0 Å². The molecule has 3 aromatic carbocycles. The average Bonchev–Trinajstić information content (AvgIpc) is 2.78. The molecule has 0 spiro atoms. The summed E-state index contributed by atoms with van der Waals surface area (Å²) in [6.45, 7) is 3.70. The van der Waals surface area contributed by atoms with Gasteiger partial charge in [-0.05, 0) is 76.6 Å². The molecule has 0 saturated carbocycles. The van der Waals surface area contributed by atoms with Crippen LogP contribution in [-0.4, -0.2) is 10.7 Å². The van der Waals surface area contributed by atoms with Crippen LogP contribution in [0.15, 0.2) is 48.6 Å². The van der Waals surface area contributed by atoms with Crippen LogP contribution in [0.1, 0.15) is 58.3 Å². The van der Waals surface area contributed by atoms with Gasteiger partial charge >= 0.3 is 0 Å². The number of aryl methyl sites for hydroxylation is 2. The van der Waals surface area contributed by atoms with Gasteiger partial charge in [0.15, 0.2) is 5.78 Å². The van der Waals surface area contributed by atoms with E-state index in [0.29, 0.717) is 0 Å². The van der Waals surface area contributed by atoms with Crippen LogP contribution in [0, 0.1) is 17.0 Å². The van der Waals surface area contributed by atoms with Crippen molar-refractivity contribution >= 4 is 34.4 Å². The van der Waals surface area contributed by atoms with Crippen molar-refractivity contribution in [1.82, 2.24) is 0 Å². The van der Waals surface area contributed by atoms with Crippen molar-refractivity contribution in [3.05, 3.63) is 96.9 Å². The molecule has 1 atom stereocenters.